The van der Waals surface area contributed by atoms with Crippen LogP contribution in [0.1, 0.15) is 25.1 Å². The van der Waals surface area contributed by atoms with Gasteiger partial charge in [-0.25, -0.2) is 4.68 Å². The van der Waals surface area contributed by atoms with Crippen LogP contribution in [0.3, 0.4) is 0 Å². The van der Waals surface area contributed by atoms with E-state index in [4.69, 9.17) is 0 Å². The van der Waals surface area contributed by atoms with Gasteiger partial charge in [0.15, 0.2) is 0 Å². The Morgan fingerprint density at radius 3 is 2.67 bits per heavy atom. The molecule has 0 bridgehead atoms. The summed E-state index contributed by atoms with van der Waals surface area (Å²) < 4.78 is 41.1. The predicted octanol–water partition coefficient (Wildman–Crippen LogP) is 3.55. The minimum atomic E-state index is -4.46. The summed E-state index contributed by atoms with van der Waals surface area (Å²) in [6.45, 7) is 4.29. The molecule has 2 aromatic rings. The van der Waals surface area contributed by atoms with Gasteiger partial charge in [-0.2, -0.15) is 13.2 Å². The number of hydrogen-bond donors (Lipinski definition) is 1. The predicted molar refractivity (Wildman–Crippen MR) is 76.0 cm³/mol. The smallest absolute Gasteiger partial charge is 0.309 e. The Morgan fingerprint density at radius 1 is 1.33 bits per heavy atom. The van der Waals surface area contributed by atoms with Gasteiger partial charge >= 0.3 is 6.18 Å². The molecule has 1 N–H and O–H groups in total. The van der Waals surface area contributed by atoms with Crippen molar-refractivity contribution in [3.05, 3.63) is 40.1 Å². The van der Waals surface area contributed by atoms with E-state index in [2.05, 4.69) is 31.6 Å². The van der Waals surface area contributed by atoms with E-state index in [1.165, 1.54) is 16.9 Å². The zero-order valence-corrected chi connectivity index (χ0v) is 13.0. The highest BCUT2D eigenvalue weighted by molar-refractivity contribution is 9.10. The fourth-order valence-corrected chi connectivity index (χ4v) is 2.17. The summed E-state index contributed by atoms with van der Waals surface area (Å²) in [5.41, 5.74) is -0.228. The number of hydrogen-bond acceptors (Lipinski definition) is 3. The number of nitrogens with zero attached hydrogens (tertiary/aromatic N) is 3. The van der Waals surface area contributed by atoms with Crippen LogP contribution in [0.25, 0.3) is 5.69 Å². The maximum absolute atomic E-state index is 13.2. The number of halogens is 4. The minimum Gasteiger partial charge on any atom is -0.309 e. The van der Waals surface area contributed by atoms with E-state index in [9.17, 15) is 13.2 Å². The summed E-state index contributed by atoms with van der Waals surface area (Å²) >= 11 is 3.06. The van der Waals surface area contributed by atoms with Crippen molar-refractivity contribution in [3.63, 3.8) is 0 Å². The highest BCUT2D eigenvalue weighted by atomic mass is 79.9. The highest BCUT2D eigenvalue weighted by Gasteiger charge is 2.35. The van der Waals surface area contributed by atoms with Crippen molar-refractivity contribution in [2.24, 2.45) is 0 Å². The topological polar surface area (TPSA) is 42.7 Å². The highest BCUT2D eigenvalue weighted by Crippen LogP contribution is 2.35. The lowest BCUT2D eigenvalue weighted by Crippen LogP contribution is -2.24. The van der Waals surface area contributed by atoms with Crippen LogP contribution in [0, 0.1) is 0 Å². The third-order valence-electron chi connectivity index (χ3n) is 2.80. The van der Waals surface area contributed by atoms with Gasteiger partial charge in [-0.3, -0.25) is 0 Å². The van der Waals surface area contributed by atoms with E-state index < -0.39 is 11.7 Å². The summed E-state index contributed by atoms with van der Waals surface area (Å²) in [6, 6.07) is 4.17. The molecule has 1 aromatic heterocycles. The molecule has 2 rings (SSSR count). The molecule has 4 nitrogen and oxygen atoms in total. The molecule has 0 atom stereocenters. The lowest BCUT2D eigenvalue weighted by molar-refractivity contribution is -0.137. The molecule has 0 fully saturated rings. The van der Waals surface area contributed by atoms with Crippen LogP contribution in [0.15, 0.2) is 28.9 Å². The average molecular weight is 363 g/mol. The third-order valence-corrected chi connectivity index (χ3v) is 3.30. The Bertz CT molecular complexity index is 622. The zero-order chi connectivity index (χ0) is 15.6. The molecule has 0 aliphatic rings. The van der Waals surface area contributed by atoms with Gasteiger partial charge in [-0.05, 0) is 18.2 Å². The molecule has 114 valence electrons. The lowest BCUT2D eigenvalue weighted by Gasteiger charge is -2.15. The van der Waals surface area contributed by atoms with E-state index in [1.54, 1.807) is 6.07 Å². The SMILES string of the molecule is CC(C)NCc1cnnn1-c1ccc(Br)cc1C(F)(F)F. The second-order valence-electron chi connectivity index (χ2n) is 4.83. The third kappa shape index (κ3) is 3.82. The van der Waals surface area contributed by atoms with Crippen molar-refractivity contribution in [1.82, 2.24) is 20.3 Å². The molecule has 21 heavy (non-hydrogen) atoms. The van der Waals surface area contributed by atoms with E-state index in [1.807, 2.05) is 13.8 Å². The Balaban J connectivity index is 2.46. The van der Waals surface area contributed by atoms with Gasteiger partial charge in [0.05, 0.1) is 23.1 Å². The van der Waals surface area contributed by atoms with Gasteiger partial charge in [-0.1, -0.05) is 35.0 Å². The van der Waals surface area contributed by atoms with Gasteiger partial charge in [0.2, 0.25) is 0 Å². The van der Waals surface area contributed by atoms with Gasteiger partial charge in [0.1, 0.15) is 0 Å². The number of benzene rings is 1. The van der Waals surface area contributed by atoms with Crippen LogP contribution >= 0.6 is 15.9 Å². The Hall–Kier alpha value is -1.41. The van der Waals surface area contributed by atoms with Crippen LogP contribution in [-0.4, -0.2) is 21.0 Å². The maximum atomic E-state index is 13.2. The van der Waals surface area contributed by atoms with Crippen molar-refractivity contribution in [2.75, 3.05) is 0 Å². The molecular weight excluding hydrogens is 349 g/mol. The zero-order valence-electron chi connectivity index (χ0n) is 11.4. The molecule has 0 amide bonds. The molecule has 0 aliphatic carbocycles. The van der Waals surface area contributed by atoms with Crippen molar-refractivity contribution in [1.29, 1.82) is 0 Å². The molecule has 0 saturated heterocycles. The largest absolute Gasteiger partial charge is 0.418 e. The molecule has 0 aliphatic heterocycles. The molecule has 0 radical (unpaired) electrons. The second kappa shape index (κ2) is 6.15. The summed E-state index contributed by atoms with van der Waals surface area (Å²) in [5.74, 6) is 0. The molecule has 1 heterocycles. The van der Waals surface area contributed by atoms with Crippen molar-refractivity contribution >= 4 is 15.9 Å². The lowest BCUT2D eigenvalue weighted by atomic mass is 10.1. The monoisotopic (exact) mass is 362 g/mol. The minimum absolute atomic E-state index is 0.0382. The van der Waals surface area contributed by atoms with E-state index in [0.717, 1.165) is 6.07 Å². The van der Waals surface area contributed by atoms with E-state index in [0.29, 0.717) is 16.7 Å². The fourth-order valence-electron chi connectivity index (χ4n) is 1.81. The summed E-state index contributed by atoms with van der Waals surface area (Å²) in [7, 11) is 0. The van der Waals surface area contributed by atoms with Gasteiger partial charge in [0, 0.05) is 17.1 Å². The Morgan fingerprint density at radius 2 is 2.05 bits per heavy atom. The van der Waals surface area contributed by atoms with Crippen LogP contribution in [0.4, 0.5) is 13.2 Å². The molecule has 1 aromatic carbocycles. The van der Waals surface area contributed by atoms with Crippen LogP contribution in [-0.2, 0) is 12.7 Å². The maximum Gasteiger partial charge on any atom is 0.418 e. The Labute approximate surface area is 128 Å². The summed E-state index contributed by atoms with van der Waals surface area (Å²) in [4.78, 5) is 0. The van der Waals surface area contributed by atoms with Crippen molar-refractivity contribution < 1.29 is 13.2 Å². The van der Waals surface area contributed by atoms with E-state index in [-0.39, 0.29) is 11.7 Å². The molecule has 0 saturated carbocycles. The number of alkyl halides is 3. The fraction of sp³-hybridized carbons (Fsp3) is 0.385. The van der Waals surface area contributed by atoms with Crippen LogP contribution in [0.5, 0.6) is 0 Å². The standard InChI is InChI=1S/C13H14BrF3N4/c1-8(2)18-6-10-7-19-20-21(10)12-4-3-9(14)5-11(12)13(15,16)17/h3-5,7-8,18H,6H2,1-2H3. The first-order chi connectivity index (χ1) is 9.79. The normalized spacial score (nSPS) is 12.1. The first-order valence-corrected chi connectivity index (χ1v) is 7.08. The van der Waals surface area contributed by atoms with Crippen molar-refractivity contribution in [3.8, 4) is 5.69 Å². The molecule has 0 unspecified atom stereocenters. The van der Waals surface area contributed by atoms with E-state index >= 15 is 0 Å². The molecular formula is C13H14BrF3N4. The van der Waals surface area contributed by atoms with Crippen molar-refractivity contribution in [2.45, 2.75) is 32.6 Å². The van der Waals surface area contributed by atoms with Gasteiger partial charge in [-0.15, -0.1) is 5.10 Å². The second-order valence-corrected chi connectivity index (χ2v) is 5.75. The summed E-state index contributed by atoms with van der Waals surface area (Å²) in [5, 5.41) is 10.6. The molecule has 8 heteroatoms. The Kier molecular flexibility index (Phi) is 4.67. The number of rotatable bonds is 4. The average Bonchev–Trinajstić information content (AvgIpc) is 2.83. The first-order valence-electron chi connectivity index (χ1n) is 6.29. The van der Waals surface area contributed by atoms with Crippen LogP contribution in [0.2, 0.25) is 0 Å². The van der Waals surface area contributed by atoms with Gasteiger partial charge < -0.3 is 5.32 Å². The number of nitrogens with one attached hydrogen (secondary N) is 1. The quantitative estimate of drug-likeness (QED) is 0.904. The summed E-state index contributed by atoms with van der Waals surface area (Å²) in [6.07, 6.45) is -3.01. The van der Waals surface area contributed by atoms with Gasteiger partial charge in [0.25, 0.3) is 0 Å². The van der Waals surface area contributed by atoms with Crippen LogP contribution < -0.4 is 5.32 Å². The first kappa shape index (κ1) is 16.0. The molecule has 0 spiro atoms. The number of aromatic nitrogens is 3.